The Balaban J connectivity index is 2.05. The number of aromatic nitrogens is 1. The van der Waals surface area contributed by atoms with Crippen LogP contribution in [0.2, 0.25) is 10.0 Å². The Morgan fingerprint density at radius 2 is 1.88 bits per heavy atom. The van der Waals surface area contributed by atoms with Gasteiger partial charge >= 0.3 is 0 Å². The molecule has 1 heterocycles. The number of thiazole rings is 1. The molecule has 3 rings (SSSR count). The molecule has 0 unspecified atom stereocenters. The SMILES string of the molecule is CCCC/N=c1/scc(C2(c3ccc(Cl)c(Cl)c3)CCC2)n1CCCC. The van der Waals surface area contributed by atoms with Gasteiger partial charge in [0.2, 0.25) is 0 Å². The lowest BCUT2D eigenvalue weighted by Crippen LogP contribution is -2.39. The second-order valence-corrected chi connectivity index (χ2v) is 8.86. The zero-order valence-electron chi connectivity index (χ0n) is 15.7. The van der Waals surface area contributed by atoms with Crippen molar-refractivity contribution in [1.82, 2.24) is 4.57 Å². The van der Waals surface area contributed by atoms with E-state index in [9.17, 15) is 0 Å². The average Bonchev–Trinajstić information content (AvgIpc) is 2.98. The predicted molar refractivity (Wildman–Crippen MR) is 114 cm³/mol. The van der Waals surface area contributed by atoms with Crippen LogP contribution in [-0.4, -0.2) is 11.1 Å². The van der Waals surface area contributed by atoms with Gasteiger partial charge in [-0.3, -0.25) is 4.99 Å². The fourth-order valence-corrected chi connectivity index (χ4v) is 5.07. The molecular weight excluding hydrogens is 383 g/mol. The standard InChI is InChI=1S/C21H28Cl2N2S/c1-3-5-12-24-20-25(13-6-4-2)19(15-26-20)21(10-7-11-21)16-8-9-17(22)18(23)14-16/h8-9,14-15H,3-7,10-13H2,1-2H3/b24-20+. The zero-order valence-corrected chi connectivity index (χ0v) is 18.1. The van der Waals surface area contributed by atoms with Crippen LogP contribution in [0.25, 0.3) is 0 Å². The Morgan fingerprint density at radius 1 is 1.12 bits per heavy atom. The lowest BCUT2D eigenvalue weighted by atomic mass is 9.62. The number of halogens is 2. The predicted octanol–water partition coefficient (Wildman–Crippen LogP) is 6.83. The quantitative estimate of drug-likeness (QED) is 0.424. The van der Waals surface area contributed by atoms with Crippen LogP contribution >= 0.6 is 34.5 Å². The van der Waals surface area contributed by atoms with E-state index in [4.69, 9.17) is 28.2 Å². The molecule has 1 aromatic carbocycles. The van der Waals surface area contributed by atoms with Gasteiger partial charge in [-0.05, 0) is 43.4 Å². The molecule has 2 aromatic rings. The van der Waals surface area contributed by atoms with E-state index < -0.39 is 0 Å². The largest absolute Gasteiger partial charge is 0.320 e. The van der Waals surface area contributed by atoms with Crippen LogP contribution in [0.4, 0.5) is 0 Å². The molecule has 0 aliphatic heterocycles. The molecular formula is C21H28Cl2N2S. The third kappa shape index (κ3) is 3.90. The molecule has 0 amide bonds. The van der Waals surface area contributed by atoms with E-state index in [2.05, 4.69) is 35.9 Å². The van der Waals surface area contributed by atoms with E-state index in [1.807, 2.05) is 6.07 Å². The molecule has 1 aliphatic rings. The van der Waals surface area contributed by atoms with Crippen LogP contribution in [0.1, 0.15) is 70.1 Å². The highest BCUT2D eigenvalue weighted by molar-refractivity contribution is 7.07. The van der Waals surface area contributed by atoms with Gasteiger partial charge in [0, 0.05) is 29.6 Å². The number of hydrogen-bond acceptors (Lipinski definition) is 2. The molecule has 0 bridgehead atoms. The fourth-order valence-electron chi connectivity index (χ4n) is 3.71. The van der Waals surface area contributed by atoms with E-state index in [1.54, 1.807) is 11.3 Å². The Morgan fingerprint density at radius 3 is 2.50 bits per heavy atom. The molecule has 1 fully saturated rings. The van der Waals surface area contributed by atoms with Gasteiger partial charge in [-0.2, -0.15) is 0 Å². The maximum absolute atomic E-state index is 6.35. The molecule has 5 heteroatoms. The summed E-state index contributed by atoms with van der Waals surface area (Å²) in [4.78, 5) is 6.08. The summed E-state index contributed by atoms with van der Waals surface area (Å²) < 4.78 is 2.48. The topological polar surface area (TPSA) is 17.3 Å². The lowest BCUT2D eigenvalue weighted by Gasteiger charge is -2.43. The monoisotopic (exact) mass is 410 g/mol. The maximum atomic E-state index is 6.35. The third-order valence-corrected chi connectivity index (χ3v) is 7.10. The number of nitrogens with zero attached hydrogens (tertiary/aromatic N) is 2. The van der Waals surface area contributed by atoms with Crippen LogP contribution in [0.15, 0.2) is 28.6 Å². The van der Waals surface area contributed by atoms with E-state index in [1.165, 1.54) is 54.6 Å². The second kappa shape index (κ2) is 8.95. The summed E-state index contributed by atoms with van der Waals surface area (Å²) in [6.07, 6.45) is 8.30. The van der Waals surface area contributed by atoms with Crippen molar-refractivity contribution in [2.45, 2.75) is 70.8 Å². The minimum absolute atomic E-state index is 0.0665. The molecule has 142 valence electrons. The van der Waals surface area contributed by atoms with Crippen molar-refractivity contribution < 1.29 is 0 Å². The number of benzene rings is 1. The Labute approximate surface area is 170 Å². The van der Waals surface area contributed by atoms with E-state index in [0.29, 0.717) is 10.0 Å². The second-order valence-electron chi connectivity index (χ2n) is 7.21. The smallest absolute Gasteiger partial charge is 0.184 e. The van der Waals surface area contributed by atoms with Gasteiger partial charge in [0.15, 0.2) is 4.80 Å². The molecule has 2 nitrogen and oxygen atoms in total. The summed E-state index contributed by atoms with van der Waals surface area (Å²) in [5, 5.41) is 3.62. The first kappa shape index (κ1) is 20.0. The highest BCUT2D eigenvalue weighted by Gasteiger charge is 2.43. The maximum Gasteiger partial charge on any atom is 0.184 e. The Kier molecular flexibility index (Phi) is 6.87. The van der Waals surface area contributed by atoms with Crippen molar-refractivity contribution in [3.05, 3.63) is 49.7 Å². The molecule has 0 atom stereocenters. The summed E-state index contributed by atoms with van der Waals surface area (Å²) in [5.41, 5.74) is 2.77. The van der Waals surface area contributed by atoms with E-state index in [0.717, 1.165) is 19.5 Å². The van der Waals surface area contributed by atoms with Crippen LogP contribution in [0, 0.1) is 0 Å². The summed E-state index contributed by atoms with van der Waals surface area (Å²) in [6, 6.07) is 6.16. The van der Waals surface area contributed by atoms with Gasteiger partial charge in [-0.1, -0.05) is 62.4 Å². The van der Waals surface area contributed by atoms with Crippen molar-refractivity contribution in [2.75, 3.05) is 6.54 Å². The number of rotatable bonds is 8. The minimum atomic E-state index is 0.0665. The van der Waals surface area contributed by atoms with Crippen molar-refractivity contribution in [3.63, 3.8) is 0 Å². The van der Waals surface area contributed by atoms with Gasteiger partial charge in [-0.25, -0.2) is 0 Å². The van der Waals surface area contributed by atoms with Crippen LogP contribution < -0.4 is 4.80 Å². The van der Waals surface area contributed by atoms with Gasteiger partial charge in [-0.15, -0.1) is 11.3 Å². The van der Waals surface area contributed by atoms with Gasteiger partial charge < -0.3 is 4.57 Å². The molecule has 26 heavy (non-hydrogen) atoms. The van der Waals surface area contributed by atoms with Crippen molar-refractivity contribution in [3.8, 4) is 0 Å². The molecule has 0 radical (unpaired) electrons. The highest BCUT2D eigenvalue weighted by Crippen LogP contribution is 2.50. The number of hydrogen-bond donors (Lipinski definition) is 0. The van der Waals surface area contributed by atoms with Crippen molar-refractivity contribution in [1.29, 1.82) is 0 Å². The molecule has 0 saturated heterocycles. The van der Waals surface area contributed by atoms with Crippen LogP contribution in [0.3, 0.4) is 0 Å². The molecule has 1 aromatic heterocycles. The zero-order chi connectivity index (χ0) is 18.6. The van der Waals surface area contributed by atoms with E-state index in [-0.39, 0.29) is 5.41 Å². The first-order valence-corrected chi connectivity index (χ1v) is 11.4. The lowest BCUT2D eigenvalue weighted by molar-refractivity contribution is 0.281. The summed E-state index contributed by atoms with van der Waals surface area (Å²) in [5.74, 6) is 0. The molecule has 1 aliphatic carbocycles. The molecule has 0 spiro atoms. The fraction of sp³-hybridized carbons (Fsp3) is 0.571. The van der Waals surface area contributed by atoms with Gasteiger partial charge in [0.25, 0.3) is 0 Å². The first-order valence-electron chi connectivity index (χ1n) is 9.77. The Bertz CT molecular complexity index is 803. The van der Waals surface area contributed by atoms with E-state index >= 15 is 0 Å². The van der Waals surface area contributed by atoms with Gasteiger partial charge in [0.05, 0.1) is 10.0 Å². The van der Waals surface area contributed by atoms with Crippen LogP contribution in [-0.2, 0) is 12.0 Å². The molecule has 1 saturated carbocycles. The Hall–Kier alpha value is -0.770. The minimum Gasteiger partial charge on any atom is -0.320 e. The van der Waals surface area contributed by atoms with Crippen molar-refractivity contribution in [2.24, 2.45) is 4.99 Å². The first-order chi connectivity index (χ1) is 12.6. The summed E-state index contributed by atoms with van der Waals surface area (Å²) in [7, 11) is 0. The summed E-state index contributed by atoms with van der Waals surface area (Å²) in [6.45, 7) is 6.43. The number of unbranched alkanes of at least 4 members (excludes halogenated alkanes) is 2. The highest BCUT2D eigenvalue weighted by atomic mass is 35.5. The van der Waals surface area contributed by atoms with Crippen LogP contribution in [0.5, 0.6) is 0 Å². The van der Waals surface area contributed by atoms with Crippen molar-refractivity contribution >= 4 is 34.5 Å². The van der Waals surface area contributed by atoms with Gasteiger partial charge in [0.1, 0.15) is 0 Å². The third-order valence-electron chi connectivity index (χ3n) is 5.46. The normalized spacial score (nSPS) is 16.7. The average molecular weight is 411 g/mol. The molecule has 0 N–H and O–H groups in total. The summed E-state index contributed by atoms with van der Waals surface area (Å²) >= 11 is 14.3.